The van der Waals surface area contributed by atoms with Gasteiger partial charge in [0.2, 0.25) is 0 Å². The molecule has 1 aromatic heterocycles. The standard InChI is InChI=1S/C17H25NO2/c1-5-9-19-13-7-8-15-14(10-13)17(12(3)4)16(20-15)11-18-6-2/h7-8,10,12,18H,5-6,9,11H2,1-4H3. The number of benzene rings is 1. The van der Waals surface area contributed by atoms with E-state index in [2.05, 4.69) is 39.1 Å². The van der Waals surface area contributed by atoms with Crippen molar-refractivity contribution in [1.29, 1.82) is 0 Å². The topological polar surface area (TPSA) is 34.4 Å². The van der Waals surface area contributed by atoms with Gasteiger partial charge in [0.1, 0.15) is 17.1 Å². The zero-order valence-electron chi connectivity index (χ0n) is 13.0. The number of hydrogen-bond acceptors (Lipinski definition) is 3. The van der Waals surface area contributed by atoms with Crippen LogP contribution in [0.15, 0.2) is 22.6 Å². The maximum atomic E-state index is 6.00. The molecule has 1 heterocycles. The summed E-state index contributed by atoms with van der Waals surface area (Å²) in [6.45, 7) is 11.1. The number of ether oxygens (including phenoxy) is 1. The van der Waals surface area contributed by atoms with E-state index in [9.17, 15) is 0 Å². The van der Waals surface area contributed by atoms with E-state index >= 15 is 0 Å². The molecule has 3 heteroatoms. The van der Waals surface area contributed by atoms with Crippen LogP contribution in [0.3, 0.4) is 0 Å². The second kappa shape index (κ2) is 6.80. The maximum Gasteiger partial charge on any atom is 0.134 e. The Kier molecular flexibility index (Phi) is 5.07. The summed E-state index contributed by atoms with van der Waals surface area (Å²) in [5, 5.41) is 4.53. The van der Waals surface area contributed by atoms with Crippen LogP contribution in [0.5, 0.6) is 5.75 Å². The van der Waals surface area contributed by atoms with Crippen LogP contribution in [-0.2, 0) is 6.54 Å². The maximum absolute atomic E-state index is 6.00. The Morgan fingerprint density at radius 3 is 2.70 bits per heavy atom. The summed E-state index contributed by atoms with van der Waals surface area (Å²) in [7, 11) is 0. The average molecular weight is 275 g/mol. The molecule has 1 N–H and O–H groups in total. The van der Waals surface area contributed by atoms with Crippen LogP contribution in [0.2, 0.25) is 0 Å². The molecule has 0 aliphatic heterocycles. The minimum atomic E-state index is 0.436. The lowest BCUT2D eigenvalue weighted by atomic mass is 9.99. The first-order valence-electron chi connectivity index (χ1n) is 7.56. The van der Waals surface area contributed by atoms with Gasteiger partial charge < -0.3 is 14.5 Å². The van der Waals surface area contributed by atoms with Crippen molar-refractivity contribution in [3.05, 3.63) is 29.5 Å². The van der Waals surface area contributed by atoms with E-state index in [-0.39, 0.29) is 0 Å². The van der Waals surface area contributed by atoms with Crippen molar-refractivity contribution in [3.63, 3.8) is 0 Å². The van der Waals surface area contributed by atoms with E-state index in [1.54, 1.807) is 0 Å². The molecule has 110 valence electrons. The first kappa shape index (κ1) is 14.9. The van der Waals surface area contributed by atoms with E-state index in [0.717, 1.165) is 43.2 Å². The lowest BCUT2D eigenvalue weighted by Gasteiger charge is -2.08. The fraction of sp³-hybridized carbons (Fsp3) is 0.529. The molecule has 0 aliphatic rings. The Hall–Kier alpha value is -1.48. The van der Waals surface area contributed by atoms with Crippen LogP contribution in [-0.4, -0.2) is 13.2 Å². The van der Waals surface area contributed by atoms with Crippen LogP contribution in [0.25, 0.3) is 11.0 Å². The highest BCUT2D eigenvalue weighted by atomic mass is 16.5. The fourth-order valence-electron chi connectivity index (χ4n) is 2.46. The highest BCUT2D eigenvalue weighted by Crippen LogP contribution is 2.34. The van der Waals surface area contributed by atoms with E-state index in [4.69, 9.17) is 9.15 Å². The highest BCUT2D eigenvalue weighted by Gasteiger charge is 2.17. The Morgan fingerprint density at radius 1 is 1.25 bits per heavy atom. The summed E-state index contributed by atoms with van der Waals surface area (Å²) in [6.07, 6.45) is 1.02. The van der Waals surface area contributed by atoms with Crippen LogP contribution < -0.4 is 10.1 Å². The molecule has 2 rings (SSSR count). The third-order valence-corrected chi connectivity index (χ3v) is 3.36. The Labute approximate surface area is 121 Å². The molecule has 0 unspecified atom stereocenters. The molecule has 0 spiro atoms. The van der Waals surface area contributed by atoms with Gasteiger partial charge in [0, 0.05) is 10.9 Å². The predicted molar refractivity (Wildman–Crippen MR) is 83.5 cm³/mol. The lowest BCUT2D eigenvalue weighted by Crippen LogP contribution is -2.12. The second-order valence-corrected chi connectivity index (χ2v) is 5.38. The Balaban J connectivity index is 2.41. The van der Waals surface area contributed by atoms with Gasteiger partial charge in [-0.1, -0.05) is 27.7 Å². The first-order valence-corrected chi connectivity index (χ1v) is 7.56. The van der Waals surface area contributed by atoms with Crippen molar-refractivity contribution in [3.8, 4) is 5.75 Å². The SMILES string of the molecule is CCCOc1ccc2oc(CNCC)c(C(C)C)c2c1. The quantitative estimate of drug-likeness (QED) is 0.810. The molecule has 0 saturated carbocycles. The molecule has 1 aromatic carbocycles. The number of furan rings is 1. The van der Waals surface area contributed by atoms with Gasteiger partial charge in [0.25, 0.3) is 0 Å². The smallest absolute Gasteiger partial charge is 0.134 e. The molecular formula is C17H25NO2. The zero-order valence-corrected chi connectivity index (χ0v) is 13.0. The number of rotatable bonds is 7. The minimum absolute atomic E-state index is 0.436. The normalized spacial score (nSPS) is 11.4. The van der Waals surface area contributed by atoms with Crippen LogP contribution in [0.1, 0.15) is 51.4 Å². The van der Waals surface area contributed by atoms with E-state index < -0.39 is 0 Å². The Bertz CT molecular complexity index is 557. The highest BCUT2D eigenvalue weighted by molar-refractivity contribution is 5.84. The number of nitrogens with one attached hydrogen (secondary N) is 1. The predicted octanol–water partition coefficient (Wildman–Crippen LogP) is 4.45. The summed E-state index contributed by atoms with van der Waals surface area (Å²) in [6, 6.07) is 6.11. The van der Waals surface area contributed by atoms with E-state index in [1.165, 1.54) is 10.9 Å². The Morgan fingerprint density at radius 2 is 2.05 bits per heavy atom. The molecule has 0 aliphatic carbocycles. The van der Waals surface area contributed by atoms with Gasteiger partial charge in [-0.3, -0.25) is 0 Å². The van der Waals surface area contributed by atoms with Crippen molar-refractivity contribution in [2.75, 3.05) is 13.2 Å². The third kappa shape index (κ3) is 3.15. The summed E-state index contributed by atoms with van der Waals surface area (Å²) in [5.41, 5.74) is 2.24. The molecule has 3 nitrogen and oxygen atoms in total. The minimum Gasteiger partial charge on any atom is -0.494 e. The number of hydrogen-bond donors (Lipinski definition) is 1. The van der Waals surface area contributed by atoms with Gasteiger partial charge in [-0.2, -0.15) is 0 Å². The molecule has 20 heavy (non-hydrogen) atoms. The second-order valence-electron chi connectivity index (χ2n) is 5.38. The van der Waals surface area contributed by atoms with Crippen LogP contribution >= 0.6 is 0 Å². The summed E-state index contributed by atoms with van der Waals surface area (Å²) >= 11 is 0. The number of fused-ring (bicyclic) bond motifs is 1. The van der Waals surface area contributed by atoms with Gasteiger partial charge in [-0.05, 0) is 37.1 Å². The summed E-state index contributed by atoms with van der Waals surface area (Å²) in [5.74, 6) is 2.41. The van der Waals surface area contributed by atoms with Gasteiger partial charge in [-0.15, -0.1) is 0 Å². The van der Waals surface area contributed by atoms with E-state index in [1.807, 2.05) is 12.1 Å². The molecule has 0 fully saturated rings. The monoisotopic (exact) mass is 275 g/mol. The van der Waals surface area contributed by atoms with Gasteiger partial charge in [0.15, 0.2) is 0 Å². The van der Waals surface area contributed by atoms with Crippen molar-refractivity contribution in [2.24, 2.45) is 0 Å². The average Bonchev–Trinajstić information content (AvgIpc) is 2.80. The molecule has 2 aromatic rings. The van der Waals surface area contributed by atoms with E-state index in [0.29, 0.717) is 5.92 Å². The van der Waals surface area contributed by atoms with Crippen LogP contribution in [0.4, 0.5) is 0 Å². The van der Waals surface area contributed by atoms with Gasteiger partial charge in [0.05, 0.1) is 13.2 Å². The molecule has 0 radical (unpaired) electrons. The van der Waals surface area contributed by atoms with Crippen LogP contribution in [0, 0.1) is 0 Å². The van der Waals surface area contributed by atoms with Crippen molar-refractivity contribution >= 4 is 11.0 Å². The van der Waals surface area contributed by atoms with Crippen molar-refractivity contribution in [2.45, 2.75) is 46.6 Å². The molecule has 0 amide bonds. The van der Waals surface area contributed by atoms with Crippen molar-refractivity contribution < 1.29 is 9.15 Å². The van der Waals surface area contributed by atoms with Gasteiger partial charge in [-0.25, -0.2) is 0 Å². The largest absolute Gasteiger partial charge is 0.494 e. The zero-order chi connectivity index (χ0) is 14.5. The van der Waals surface area contributed by atoms with Crippen molar-refractivity contribution in [1.82, 2.24) is 5.32 Å². The molecule has 0 saturated heterocycles. The molecular weight excluding hydrogens is 250 g/mol. The molecule has 0 atom stereocenters. The fourth-order valence-corrected chi connectivity index (χ4v) is 2.46. The summed E-state index contributed by atoms with van der Waals surface area (Å²) in [4.78, 5) is 0. The summed E-state index contributed by atoms with van der Waals surface area (Å²) < 4.78 is 11.7. The third-order valence-electron chi connectivity index (χ3n) is 3.36. The molecule has 0 bridgehead atoms. The van der Waals surface area contributed by atoms with Gasteiger partial charge >= 0.3 is 0 Å². The first-order chi connectivity index (χ1) is 9.67. The lowest BCUT2D eigenvalue weighted by molar-refractivity contribution is 0.318.